The highest BCUT2D eigenvalue weighted by Gasteiger charge is 2.43. The Bertz CT molecular complexity index is 694. The smallest absolute Gasteiger partial charge is 0.416 e. The first-order valence-electron chi connectivity index (χ1n) is 9.43. The molecule has 0 bridgehead atoms. The Morgan fingerprint density at radius 3 is 2.64 bits per heavy atom. The Balaban J connectivity index is 2.28. The third kappa shape index (κ3) is 5.65. The molecule has 1 amide bonds. The highest BCUT2D eigenvalue weighted by Crippen LogP contribution is 2.36. The number of carbonyl (C=O) groups is 2. The minimum atomic E-state index is -4.54. The average Bonchev–Trinajstić information content (AvgIpc) is 3.03. The minimum absolute atomic E-state index is 0.0718. The molecule has 1 aliphatic heterocycles. The molecule has 1 aliphatic rings. The molecule has 2 rings (SSSR count). The molecule has 4 nitrogen and oxygen atoms in total. The van der Waals surface area contributed by atoms with E-state index in [1.807, 2.05) is 20.8 Å². The Kier molecular flexibility index (Phi) is 7.80. The molecule has 0 spiro atoms. The SMILES string of the molecule is CCCCOC(=O)C1CSC(CC(C)C)N1C(=O)c1cccc(C(F)(F)F)c1. The fourth-order valence-corrected chi connectivity index (χ4v) is 4.62. The van der Waals surface area contributed by atoms with Crippen molar-refractivity contribution in [1.82, 2.24) is 4.90 Å². The van der Waals surface area contributed by atoms with Gasteiger partial charge in [0.2, 0.25) is 0 Å². The van der Waals surface area contributed by atoms with Crippen molar-refractivity contribution in [2.24, 2.45) is 5.92 Å². The molecule has 0 N–H and O–H groups in total. The summed E-state index contributed by atoms with van der Waals surface area (Å²) in [4.78, 5) is 27.0. The van der Waals surface area contributed by atoms with Gasteiger partial charge in [-0.1, -0.05) is 33.3 Å². The van der Waals surface area contributed by atoms with Gasteiger partial charge in [-0.05, 0) is 37.0 Å². The molecule has 0 saturated carbocycles. The van der Waals surface area contributed by atoms with Crippen molar-refractivity contribution in [2.45, 2.75) is 57.6 Å². The van der Waals surface area contributed by atoms with Gasteiger partial charge in [0.25, 0.3) is 5.91 Å². The highest BCUT2D eigenvalue weighted by atomic mass is 32.2. The molecule has 156 valence electrons. The summed E-state index contributed by atoms with van der Waals surface area (Å²) in [7, 11) is 0. The number of ether oxygens (including phenoxy) is 1. The van der Waals surface area contributed by atoms with Gasteiger partial charge in [0.15, 0.2) is 0 Å². The van der Waals surface area contributed by atoms with E-state index in [0.29, 0.717) is 12.2 Å². The summed E-state index contributed by atoms with van der Waals surface area (Å²) in [6.07, 6.45) is -2.29. The number of halogens is 3. The number of esters is 1. The van der Waals surface area contributed by atoms with Gasteiger partial charge in [0, 0.05) is 11.3 Å². The number of carbonyl (C=O) groups excluding carboxylic acids is 2. The van der Waals surface area contributed by atoms with E-state index in [2.05, 4.69) is 0 Å². The largest absolute Gasteiger partial charge is 0.464 e. The normalized spacial score (nSPS) is 19.9. The van der Waals surface area contributed by atoms with Gasteiger partial charge in [-0.2, -0.15) is 13.2 Å². The van der Waals surface area contributed by atoms with E-state index >= 15 is 0 Å². The summed E-state index contributed by atoms with van der Waals surface area (Å²) in [6, 6.07) is 3.56. The second-order valence-electron chi connectivity index (χ2n) is 7.25. The number of thioether (sulfide) groups is 1. The minimum Gasteiger partial charge on any atom is -0.464 e. The standard InChI is InChI=1S/C20H26F3NO3S/c1-4-5-9-27-19(26)16-12-28-17(10-13(2)3)24(16)18(25)14-7-6-8-15(11-14)20(21,22)23/h6-8,11,13,16-17H,4-5,9-10,12H2,1-3H3. The molecule has 1 heterocycles. The molecule has 0 aromatic heterocycles. The zero-order chi connectivity index (χ0) is 20.9. The first-order valence-corrected chi connectivity index (χ1v) is 10.5. The van der Waals surface area contributed by atoms with E-state index in [1.54, 1.807) is 0 Å². The Morgan fingerprint density at radius 1 is 1.32 bits per heavy atom. The Hall–Kier alpha value is -1.70. The Labute approximate surface area is 167 Å². The lowest BCUT2D eigenvalue weighted by Gasteiger charge is -2.29. The van der Waals surface area contributed by atoms with Gasteiger partial charge in [0.05, 0.1) is 17.5 Å². The number of rotatable bonds is 7. The van der Waals surface area contributed by atoms with Crippen LogP contribution < -0.4 is 0 Å². The van der Waals surface area contributed by atoms with Crippen molar-refractivity contribution in [1.29, 1.82) is 0 Å². The lowest BCUT2D eigenvalue weighted by Crippen LogP contribution is -2.46. The number of nitrogens with zero attached hydrogens (tertiary/aromatic N) is 1. The number of hydrogen-bond donors (Lipinski definition) is 0. The number of alkyl halides is 3. The van der Waals surface area contributed by atoms with Crippen LogP contribution in [0.1, 0.15) is 56.0 Å². The van der Waals surface area contributed by atoms with Crippen molar-refractivity contribution in [3.8, 4) is 0 Å². The lowest BCUT2D eigenvalue weighted by atomic mass is 10.1. The first kappa shape index (κ1) is 22.6. The molecule has 28 heavy (non-hydrogen) atoms. The van der Waals surface area contributed by atoms with Crippen LogP contribution in [-0.2, 0) is 15.7 Å². The van der Waals surface area contributed by atoms with E-state index in [1.165, 1.54) is 28.8 Å². The van der Waals surface area contributed by atoms with Crippen LogP contribution in [0.15, 0.2) is 24.3 Å². The van der Waals surface area contributed by atoms with Crippen LogP contribution in [0.2, 0.25) is 0 Å². The van der Waals surface area contributed by atoms with Gasteiger partial charge < -0.3 is 9.64 Å². The molecule has 1 aromatic rings. The molecular formula is C20H26F3NO3S. The predicted molar refractivity (Wildman–Crippen MR) is 103 cm³/mol. The summed E-state index contributed by atoms with van der Waals surface area (Å²) in [5, 5.41) is -0.272. The summed E-state index contributed by atoms with van der Waals surface area (Å²) >= 11 is 1.47. The molecular weight excluding hydrogens is 391 g/mol. The number of unbranched alkanes of at least 4 members (excludes halogenated alkanes) is 1. The maximum atomic E-state index is 13.1. The lowest BCUT2D eigenvalue weighted by molar-refractivity contribution is -0.148. The van der Waals surface area contributed by atoms with Gasteiger partial charge in [-0.15, -0.1) is 11.8 Å². The monoisotopic (exact) mass is 417 g/mol. The van der Waals surface area contributed by atoms with Crippen LogP contribution in [0.25, 0.3) is 0 Å². The zero-order valence-electron chi connectivity index (χ0n) is 16.3. The van der Waals surface area contributed by atoms with E-state index in [9.17, 15) is 22.8 Å². The quantitative estimate of drug-likeness (QED) is 0.464. The van der Waals surface area contributed by atoms with Crippen molar-refractivity contribution in [2.75, 3.05) is 12.4 Å². The van der Waals surface area contributed by atoms with Crippen molar-refractivity contribution in [3.05, 3.63) is 35.4 Å². The molecule has 2 atom stereocenters. The molecule has 0 aliphatic carbocycles. The number of amides is 1. The molecule has 8 heteroatoms. The third-order valence-corrected chi connectivity index (χ3v) is 5.76. The van der Waals surface area contributed by atoms with Crippen LogP contribution in [0.3, 0.4) is 0 Å². The molecule has 2 unspecified atom stereocenters. The first-order chi connectivity index (χ1) is 13.1. The Morgan fingerprint density at radius 2 is 2.04 bits per heavy atom. The van der Waals surface area contributed by atoms with Crippen molar-refractivity contribution < 1.29 is 27.5 Å². The summed E-state index contributed by atoms with van der Waals surface area (Å²) in [5.74, 6) is -0.413. The second-order valence-corrected chi connectivity index (χ2v) is 8.46. The number of benzene rings is 1. The topological polar surface area (TPSA) is 46.6 Å². The van der Waals surface area contributed by atoms with Crippen LogP contribution in [0, 0.1) is 5.92 Å². The number of hydrogen-bond acceptors (Lipinski definition) is 4. The molecule has 1 saturated heterocycles. The molecule has 0 radical (unpaired) electrons. The van der Waals surface area contributed by atoms with E-state index in [4.69, 9.17) is 4.74 Å². The fraction of sp³-hybridized carbons (Fsp3) is 0.600. The zero-order valence-corrected chi connectivity index (χ0v) is 17.1. The van der Waals surface area contributed by atoms with Crippen molar-refractivity contribution >= 4 is 23.6 Å². The molecule has 1 aromatic carbocycles. The van der Waals surface area contributed by atoms with Crippen LogP contribution in [-0.4, -0.2) is 40.6 Å². The van der Waals surface area contributed by atoms with Gasteiger partial charge in [0.1, 0.15) is 6.04 Å². The van der Waals surface area contributed by atoms with Gasteiger partial charge >= 0.3 is 12.1 Å². The van der Waals surface area contributed by atoms with Gasteiger partial charge in [-0.3, -0.25) is 4.79 Å². The van der Waals surface area contributed by atoms with E-state index in [-0.39, 0.29) is 23.5 Å². The summed E-state index contributed by atoms with van der Waals surface area (Å²) in [5.41, 5.74) is -0.954. The highest BCUT2D eigenvalue weighted by molar-refractivity contribution is 8.00. The van der Waals surface area contributed by atoms with Crippen LogP contribution in [0.5, 0.6) is 0 Å². The van der Waals surface area contributed by atoms with Crippen molar-refractivity contribution in [3.63, 3.8) is 0 Å². The maximum absolute atomic E-state index is 13.1. The van der Waals surface area contributed by atoms with Crippen LogP contribution in [0.4, 0.5) is 13.2 Å². The van der Waals surface area contributed by atoms with E-state index in [0.717, 1.165) is 25.0 Å². The summed E-state index contributed by atoms with van der Waals surface area (Å²) < 4.78 is 44.4. The maximum Gasteiger partial charge on any atom is 0.416 e. The average molecular weight is 417 g/mol. The second kappa shape index (κ2) is 9.67. The molecule has 1 fully saturated rings. The van der Waals surface area contributed by atoms with Gasteiger partial charge in [-0.25, -0.2) is 4.79 Å². The van der Waals surface area contributed by atoms with E-state index < -0.39 is 29.7 Å². The van der Waals surface area contributed by atoms with Crippen LogP contribution >= 0.6 is 11.8 Å². The predicted octanol–water partition coefficient (Wildman–Crippen LogP) is 4.98. The summed E-state index contributed by atoms with van der Waals surface area (Å²) in [6.45, 7) is 6.25. The fourth-order valence-electron chi connectivity index (χ4n) is 2.99. The third-order valence-electron chi connectivity index (χ3n) is 4.45.